The summed E-state index contributed by atoms with van der Waals surface area (Å²) in [4.78, 5) is 42.7. The summed E-state index contributed by atoms with van der Waals surface area (Å²) in [7, 11) is -4.79. The number of allylic oxidation sites excluding steroid dienone is 14. The van der Waals surface area contributed by atoms with Crippen molar-refractivity contribution in [3.8, 4) is 0 Å². The van der Waals surface area contributed by atoms with E-state index in [2.05, 4.69) is 60.9 Å². The van der Waals surface area contributed by atoms with Gasteiger partial charge < -0.3 is 24.4 Å². The average molecular weight is 761 g/mol. The largest absolute Gasteiger partial charge is 0.469 e. The lowest BCUT2D eigenvalue weighted by Gasteiger charge is -2.18. The predicted molar refractivity (Wildman–Crippen MR) is 217 cm³/mol. The van der Waals surface area contributed by atoms with E-state index in [1.54, 1.807) is 6.08 Å². The first-order chi connectivity index (χ1) is 25.7. The second kappa shape index (κ2) is 37.3. The summed E-state index contributed by atoms with van der Waals surface area (Å²) in [5.41, 5.74) is 0. The number of hydrogen-bond donors (Lipinski definition) is 3. The summed E-state index contributed by atoms with van der Waals surface area (Å²) in [6.45, 7) is 3.36. The average Bonchev–Trinajstić information content (AvgIpc) is 3.12. The summed E-state index contributed by atoms with van der Waals surface area (Å²) in [5.74, 6) is -1.03. The Morgan fingerprint density at radius 2 is 1.19 bits per heavy atom. The first kappa shape index (κ1) is 49.9. The van der Waals surface area contributed by atoms with Gasteiger partial charge in [0.1, 0.15) is 6.61 Å². The smallest absolute Gasteiger partial charge is 0.462 e. The third-order valence-electron chi connectivity index (χ3n) is 7.71. The zero-order chi connectivity index (χ0) is 39.1. The van der Waals surface area contributed by atoms with Crippen LogP contribution in [0.1, 0.15) is 136 Å². The minimum absolute atomic E-state index is 0.0620. The van der Waals surface area contributed by atoms with E-state index in [1.165, 1.54) is 25.7 Å². The summed E-state index contributed by atoms with van der Waals surface area (Å²) in [6, 6.07) is 0. The SMILES string of the molecule is CC/C=C\CC(O)/C=C/C=C/C/C=C\C/C=C\C/C=C\CCC(=O)O[C@H](COC(=O)CCCCCCC/C=C\C=C/CCCCCC)COP(=O)(O)O. The molecule has 0 aromatic carbocycles. The van der Waals surface area contributed by atoms with Crippen LogP contribution >= 0.6 is 7.82 Å². The van der Waals surface area contributed by atoms with Crippen molar-refractivity contribution in [2.45, 2.75) is 148 Å². The molecule has 0 fully saturated rings. The van der Waals surface area contributed by atoms with Gasteiger partial charge in [-0.25, -0.2) is 4.57 Å². The number of aliphatic hydroxyl groups excluding tert-OH is 1. The Morgan fingerprint density at radius 3 is 1.83 bits per heavy atom. The first-order valence-corrected chi connectivity index (χ1v) is 21.2. The van der Waals surface area contributed by atoms with E-state index in [0.29, 0.717) is 25.7 Å². The quantitative estimate of drug-likeness (QED) is 0.0192. The molecule has 0 bridgehead atoms. The fourth-order valence-electron chi connectivity index (χ4n) is 4.77. The Bertz CT molecular complexity index is 1190. The van der Waals surface area contributed by atoms with Crippen LogP contribution in [-0.4, -0.2) is 52.3 Å². The van der Waals surface area contributed by atoms with Crippen molar-refractivity contribution >= 4 is 19.8 Å². The molecule has 10 heteroatoms. The number of carbonyl (C=O) groups excluding carboxylic acids is 2. The van der Waals surface area contributed by atoms with Crippen molar-refractivity contribution in [3.63, 3.8) is 0 Å². The van der Waals surface area contributed by atoms with Crippen molar-refractivity contribution < 1.29 is 43.0 Å². The van der Waals surface area contributed by atoms with Gasteiger partial charge in [0.05, 0.1) is 12.7 Å². The lowest BCUT2D eigenvalue weighted by atomic mass is 10.1. The standard InChI is InChI=1S/C43H69O9P/c1-3-5-7-8-9-10-11-12-13-16-19-22-25-28-32-36-42(45)50-38-41(39-51-53(47,48)49)52-43(46)37-33-29-26-23-20-17-14-15-18-21-24-27-31-35-40(44)34-30-6-4-2/h6,10-13,15,17-18,20,24,26-27,29-31,35,40-41,44H,3-5,7-9,14,16,19,21-23,25,28,32-34,36-39H2,1-2H3,(H2,47,48,49)/b11-10-,13-12-,18-15-,20-17-,27-24+,29-26-,30-6-,35-31+/t40?,41-/m1/s1. The maximum atomic E-state index is 12.4. The zero-order valence-corrected chi connectivity index (χ0v) is 33.4. The van der Waals surface area contributed by atoms with Crippen LogP contribution < -0.4 is 0 Å². The molecule has 2 atom stereocenters. The van der Waals surface area contributed by atoms with Gasteiger partial charge in [-0.2, -0.15) is 0 Å². The molecule has 0 amide bonds. The number of rotatable bonds is 34. The molecule has 1 unspecified atom stereocenters. The van der Waals surface area contributed by atoms with Crippen molar-refractivity contribution in [2.75, 3.05) is 13.2 Å². The Hall–Kier alpha value is -3.07. The Morgan fingerprint density at radius 1 is 0.604 bits per heavy atom. The van der Waals surface area contributed by atoms with Crippen LogP contribution in [0.15, 0.2) is 97.2 Å². The van der Waals surface area contributed by atoms with Gasteiger partial charge in [-0.15, -0.1) is 0 Å². The molecule has 0 rings (SSSR count). The van der Waals surface area contributed by atoms with Crippen molar-refractivity contribution in [3.05, 3.63) is 97.2 Å². The van der Waals surface area contributed by atoms with E-state index in [-0.39, 0.29) is 19.4 Å². The predicted octanol–water partition coefficient (Wildman–Crippen LogP) is 10.8. The molecule has 0 aliphatic rings. The molecule has 0 radical (unpaired) electrons. The fourth-order valence-corrected chi connectivity index (χ4v) is 5.13. The molecule has 0 aromatic rings. The first-order valence-electron chi connectivity index (χ1n) is 19.7. The third-order valence-corrected chi connectivity index (χ3v) is 8.19. The Kier molecular flexibility index (Phi) is 35.1. The lowest BCUT2D eigenvalue weighted by Crippen LogP contribution is -2.29. The number of esters is 2. The number of carbonyl (C=O) groups is 2. The number of phosphoric ester groups is 1. The normalized spacial score (nSPS) is 14.1. The molecule has 300 valence electrons. The van der Waals surface area contributed by atoms with Crippen LogP contribution in [-0.2, 0) is 28.2 Å². The third kappa shape index (κ3) is 40.0. The van der Waals surface area contributed by atoms with Crippen LogP contribution in [0.25, 0.3) is 0 Å². The van der Waals surface area contributed by atoms with Crippen LogP contribution in [0.4, 0.5) is 0 Å². The maximum Gasteiger partial charge on any atom is 0.469 e. The highest BCUT2D eigenvalue weighted by Crippen LogP contribution is 2.35. The summed E-state index contributed by atoms with van der Waals surface area (Å²) in [6.07, 6.45) is 47.5. The van der Waals surface area contributed by atoms with Crippen LogP contribution in [0.5, 0.6) is 0 Å². The molecule has 0 spiro atoms. The molecule has 0 aliphatic carbocycles. The van der Waals surface area contributed by atoms with E-state index in [0.717, 1.165) is 57.8 Å². The van der Waals surface area contributed by atoms with Gasteiger partial charge >= 0.3 is 19.8 Å². The number of hydrogen-bond acceptors (Lipinski definition) is 7. The molecule has 0 saturated carbocycles. The lowest BCUT2D eigenvalue weighted by molar-refractivity contribution is -0.161. The highest BCUT2D eigenvalue weighted by atomic mass is 31.2. The van der Waals surface area contributed by atoms with E-state index in [1.807, 2.05) is 48.6 Å². The Balaban J connectivity index is 4.19. The van der Waals surface area contributed by atoms with Gasteiger partial charge in [-0.1, -0.05) is 150 Å². The molecule has 0 saturated heterocycles. The minimum Gasteiger partial charge on any atom is -0.462 e. The van der Waals surface area contributed by atoms with Gasteiger partial charge in [0.25, 0.3) is 0 Å². The van der Waals surface area contributed by atoms with E-state index < -0.39 is 38.6 Å². The Labute approximate surface area is 320 Å². The van der Waals surface area contributed by atoms with Crippen molar-refractivity contribution in [1.82, 2.24) is 0 Å². The number of unbranched alkanes of at least 4 members (excludes halogenated alkanes) is 9. The van der Waals surface area contributed by atoms with Crippen molar-refractivity contribution in [1.29, 1.82) is 0 Å². The van der Waals surface area contributed by atoms with Gasteiger partial charge in [-0.05, 0) is 70.6 Å². The van der Waals surface area contributed by atoms with Gasteiger partial charge in [0.15, 0.2) is 6.10 Å². The summed E-state index contributed by atoms with van der Waals surface area (Å²) in [5, 5.41) is 9.81. The molecular formula is C43H69O9P. The number of phosphoric acid groups is 1. The van der Waals surface area contributed by atoms with Gasteiger partial charge in [-0.3, -0.25) is 14.1 Å². The van der Waals surface area contributed by atoms with Crippen LogP contribution in [0.3, 0.4) is 0 Å². The highest BCUT2D eigenvalue weighted by Gasteiger charge is 2.22. The second-order valence-electron chi connectivity index (χ2n) is 12.7. The summed E-state index contributed by atoms with van der Waals surface area (Å²) < 4.78 is 26.2. The molecule has 0 aliphatic heterocycles. The number of aliphatic hydroxyl groups is 1. The molecule has 0 aromatic heterocycles. The highest BCUT2D eigenvalue weighted by molar-refractivity contribution is 7.46. The summed E-state index contributed by atoms with van der Waals surface area (Å²) >= 11 is 0. The molecule has 53 heavy (non-hydrogen) atoms. The topological polar surface area (TPSA) is 140 Å². The van der Waals surface area contributed by atoms with Crippen molar-refractivity contribution in [2.24, 2.45) is 0 Å². The van der Waals surface area contributed by atoms with Gasteiger partial charge in [0, 0.05) is 12.8 Å². The maximum absolute atomic E-state index is 12.4. The monoisotopic (exact) mass is 760 g/mol. The molecule has 9 nitrogen and oxygen atoms in total. The van der Waals surface area contributed by atoms with E-state index in [9.17, 15) is 19.3 Å². The minimum atomic E-state index is -4.79. The van der Waals surface area contributed by atoms with Crippen LogP contribution in [0, 0.1) is 0 Å². The second-order valence-corrected chi connectivity index (χ2v) is 14.0. The number of ether oxygens (including phenoxy) is 2. The van der Waals surface area contributed by atoms with Gasteiger partial charge in [0.2, 0.25) is 0 Å². The van der Waals surface area contributed by atoms with Crippen LogP contribution in [0.2, 0.25) is 0 Å². The zero-order valence-electron chi connectivity index (χ0n) is 32.5. The fraction of sp³-hybridized carbons (Fsp3) is 0.581. The van der Waals surface area contributed by atoms with E-state index in [4.69, 9.17) is 19.3 Å². The molecule has 0 heterocycles. The molecular weight excluding hydrogens is 691 g/mol. The molecule has 3 N–H and O–H groups in total. The van der Waals surface area contributed by atoms with E-state index >= 15 is 0 Å².